The summed E-state index contributed by atoms with van der Waals surface area (Å²) in [6.45, 7) is 6.90. The molecule has 5 nitrogen and oxygen atoms in total. The lowest BCUT2D eigenvalue weighted by atomic mass is 9.54. The first kappa shape index (κ1) is 19.7. The van der Waals surface area contributed by atoms with Crippen molar-refractivity contribution in [1.29, 1.82) is 0 Å². The van der Waals surface area contributed by atoms with Gasteiger partial charge in [0.05, 0.1) is 12.7 Å². The van der Waals surface area contributed by atoms with Crippen molar-refractivity contribution in [3.63, 3.8) is 0 Å². The van der Waals surface area contributed by atoms with E-state index in [-0.39, 0.29) is 24.0 Å². The average molecular weight is 463 g/mol. The van der Waals surface area contributed by atoms with Gasteiger partial charge < -0.3 is 19.7 Å². The van der Waals surface area contributed by atoms with E-state index in [4.69, 9.17) is 9.47 Å². The Morgan fingerprint density at radius 2 is 2.12 bits per heavy atom. The molecule has 2 saturated heterocycles. The molecule has 0 aromatic heterocycles. The van der Waals surface area contributed by atoms with Crippen molar-refractivity contribution in [3.05, 3.63) is 0 Å². The van der Waals surface area contributed by atoms with Gasteiger partial charge in [-0.15, -0.1) is 24.0 Å². The highest BCUT2D eigenvalue weighted by molar-refractivity contribution is 14.0. The number of guanidine groups is 1. The molecule has 25 heavy (non-hydrogen) atoms. The van der Waals surface area contributed by atoms with Crippen LogP contribution in [0.5, 0.6) is 0 Å². The van der Waals surface area contributed by atoms with Crippen LogP contribution in [0.15, 0.2) is 4.99 Å². The molecular formula is C19H34IN3O2. The maximum atomic E-state index is 6.11. The second-order valence-corrected chi connectivity index (χ2v) is 8.11. The van der Waals surface area contributed by atoms with E-state index in [0.717, 1.165) is 38.9 Å². The van der Waals surface area contributed by atoms with E-state index in [1.54, 1.807) is 0 Å². The zero-order chi connectivity index (χ0) is 16.6. The first-order valence-electron chi connectivity index (χ1n) is 9.96. The fourth-order valence-electron chi connectivity index (χ4n) is 5.79. The summed E-state index contributed by atoms with van der Waals surface area (Å²) >= 11 is 0. The van der Waals surface area contributed by atoms with E-state index < -0.39 is 0 Å². The number of fused-ring (bicyclic) bond motifs is 2. The van der Waals surface area contributed by atoms with Crippen LogP contribution in [0.2, 0.25) is 0 Å². The third-order valence-electron chi connectivity index (χ3n) is 6.93. The van der Waals surface area contributed by atoms with Gasteiger partial charge in [0.25, 0.3) is 0 Å². The summed E-state index contributed by atoms with van der Waals surface area (Å²) in [7, 11) is 1.93. The molecule has 0 bridgehead atoms. The molecule has 2 saturated carbocycles. The smallest absolute Gasteiger partial charge is 0.193 e. The number of aliphatic imine (C=N–C) groups is 1. The summed E-state index contributed by atoms with van der Waals surface area (Å²) in [5.41, 5.74) is 0.390. The first-order valence-corrected chi connectivity index (χ1v) is 9.96. The molecule has 1 spiro atoms. The van der Waals surface area contributed by atoms with Gasteiger partial charge in [0.15, 0.2) is 5.96 Å². The van der Waals surface area contributed by atoms with Gasteiger partial charge in [-0.25, -0.2) is 0 Å². The molecule has 2 aliphatic heterocycles. The predicted molar refractivity (Wildman–Crippen MR) is 111 cm³/mol. The fraction of sp³-hybridized carbons (Fsp3) is 0.947. The SMILES string of the molecule is CCOCC1CCN(C(=NC)NC2C3CCOC3C23CCCC3)C1.I. The van der Waals surface area contributed by atoms with Gasteiger partial charge in [-0.1, -0.05) is 12.8 Å². The Balaban J connectivity index is 0.00000182. The molecule has 2 aliphatic carbocycles. The van der Waals surface area contributed by atoms with Crippen LogP contribution in [0.25, 0.3) is 0 Å². The minimum absolute atomic E-state index is 0. The van der Waals surface area contributed by atoms with E-state index in [9.17, 15) is 0 Å². The molecule has 4 rings (SSSR count). The Labute approximate surface area is 169 Å². The van der Waals surface area contributed by atoms with E-state index in [1.165, 1.54) is 38.5 Å². The predicted octanol–water partition coefficient (Wildman–Crippen LogP) is 2.89. The summed E-state index contributed by atoms with van der Waals surface area (Å²) in [4.78, 5) is 7.07. The molecule has 0 aromatic rings. The zero-order valence-electron chi connectivity index (χ0n) is 15.7. The lowest BCUT2D eigenvalue weighted by molar-refractivity contribution is -0.125. The van der Waals surface area contributed by atoms with Crippen LogP contribution in [0.4, 0.5) is 0 Å². The van der Waals surface area contributed by atoms with Crippen LogP contribution in [-0.2, 0) is 9.47 Å². The van der Waals surface area contributed by atoms with E-state index in [2.05, 4.69) is 22.1 Å². The molecule has 4 atom stereocenters. The summed E-state index contributed by atoms with van der Waals surface area (Å²) in [6, 6.07) is 0.567. The molecule has 2 heterocycles. The quantitative estimate of drug-likeness (QED) is 0.396. The number of nitrogens with zero attached hydrogens (tertiary/aromatic N) is 2. The number of halogens is 1. The number of rotatable bonds is 4. The Bertz CT molecular complexity index is 481. The summed E-state index contributed by atoms with van der Waals surface area (Å²) in [5.74, 6) is 2.45. The molecule has 6 heteroatoms. The monoisotopic (exact) mass is 463 g/mol. The standard InChI is InChI=1S/C19H33N3O2.HI/c1-3-23-13-14-6-10-22(12-14)18(20-2)21-16-15-7-11-24-17(15)19(16)8-4-5-9-19;/h14-17H,3-13H2,1-2H3,(H,20,21);1H. The highest BCUT2D eigenvalue weighted by atomic mass is 127. The van der Waals surface area contributed by atoms with Crippen LogP contribution in [0, 0.1) is 17.3 Å². The van der Waals surface area contributed by atoms with Gasteiger partial charge in [-0.3, -0.25) is 4.99 Å². The molecule has 0 aromatic carbocycles. The van der Waals surface area contributed by atoms with Crippen LogP contribution < -0.4 is 5.32 Å². The second kappa shape index (κ2) is 8.30. The Morgan fingerprint density at radius 3 is 2.84 bits per heavy atom. The van der Waals surface area contributed by atoms with Crippen molar-refractivity contribution in [2.45, 2.75) is 57.6 Å². The normalized spacial score (nSPS) is 36.2. The molecule has 1 N–H and O–H groups in total. The highest BCUT2D eigenvalue weighted by Gasteiger charge is 2.65. The number of nitrogens with one attached hydrogen (secondary N) is 1. The maximum Gasteiger partial charge on any atom is 0.193 e. The third-order valence-corrected chi connectivity index (χ3v) is 6.93. The Morgan fingerprint density at radius 1 is 1.32 bits per heavy atom. The summed E-state index contributed by atoms with van der Waals surface area (Å²) < 4.78 is 11.7. The molecule has 144 valence electrons. The summed E-state index contributed by atoms with van der Waals surface area (Å²) in [5, 5.41) is 3.88. The topological polar surface area (TPSA) is 46.1 Å². The molecule has 0 amide bonds. The molecule has 0 radical (unpaired) electrons. The van der Waals surface area contributed by atoms with Crippen molar-refractivity contribution in [2.24, 2.45) is 22.2 Å². The number of hydrogen-bond donors (Lipinski definition) is 1. The molecule has 4 aliphatic rings. The van der Waals surface area contributed by atoms with Gasteiger partial charge in [0.1, 0.15) is 0 Å². The first-order chi connectivity index (χ1) is 11.8. The fourth-order valence-corrected chi connectivity index (χ4v) is 5.79. The van der Waals surface area contributed by atoms with Crippen LogP contribution in [0.1, 0.15) is 45.4 Å². The van der Waals surface area contributed by atoms with Crippen LogP contribution >= 0.6 is 24.0 Å². The van der Waals surface area contributed by atoms with Crippen molar-refractivity contribution in [3.8, 4) is 0 Å². The van der Waals surface area contributed by atoms with E-state index in [0.29, 0.717) is 29.4 Å². The number of hydrogen-bond acceptors (Lipinski definition) is 3. The van der Waals surface area contributed by atoms with Gasteiger partial charge >= 0.3 is 0 Å². The van der Waals surface area contributed by atoms with Crippen LogP contribution in [0.3, 0.4) is 0 Å². The zero-order valence-corrected chi connectivity index (χ0v) is 18.0. The molecule has 4 fully saturated rings. The Hall–Kier alpha value is -0.0800. The van der Waals surface area contributed by atoms with Crippen LogP contribution in [-0.4, -0.2) is 63.0 Å². The lowest BCUT2D eigenvalue weighted by Crippen LogP contribution is -2.69. The van der Waals surface area contributed by atoms with Crippen molar-refractivity contribution >= 4 is 29.9 Å². The summed E-state index contributed by atoms with van der Waals surface area (Å²) in [6.07, 6.45) is 8.33. The molecule has 4 unspecified atom stereocenters. The van der Waals surface area contributed by atoms with Crippen molar-refractivity contribution in [1.82, 2.24) is 10.2 Å². The largest absolute Gasteiger partial charge is 0.381 e. The number of likely N-dealkylation sites (tertiary alicyclic amines) is 1. The highest BCUT2D eigenvalue weighted by Crippen LogP contribution is 2.60. The van der Waals surface area contributed by atoms with Gasteiger partial charge in [-0.05, 0) is 32.6 Å². The van der Waals surface area contributed by atoms with E-state index >= 15 is 0 Å². The second-order valence-electron chi connectivity index (χ2n) is 8.11. The van der Waals surface area contributed by atoms with Gasteiger partial charge in [0, 0.05) is 56.6 Å². The minimum atomic E-state index is 0. The van der Waals surface area contributed by atoms with Gasteiger partial charge in [0.2, 0.25) is 0 Å². The van der Waals surface area contributed by atoms with Crippen molar-refractivity contribution in [2.75, 3.05) is 40.0 Å². The van der Waals surface area contributed by atoms with Crippen molar-refractivity contribution < 1.29 is 9.47 Å². The van der Waals surface area contributed by atoms with Gasteiger partial charge in [-0.2, -0.15) is 0 Å². The number of ether oxygens (including phenoxy) is 2. The third kappa shape index (κ3) is 3.43. The minimum Gasteiger partial charge on any atom is -0.381 e. The average Bonchev–Trinajstić information content (AvgIpc) is 3.33. The maximum absolute atomic E-state index is 6.11. The molecular weight excluding hydrogens is 429 g/mol. The Kier molecular flexibility index (Phi) is 6.53. The van der Waals surface area contributed by atoms with E-state index in [1.807, 2.05) is 7.05 Å². The lowest BCUT2D eigenvalue weighted by Gasteiger charge is -2.57.